The van der Waals surface area contributed by atoms with E-state index in [4.69, 9.17) is 10.5 Å². The Morgan fingerprint density at radius 3 is 2.74 bits per heavy atom. The highest BCUT2D eigenvalue weighted by Crippen LogP contribution is 2.41. The molecule has 1 unspecified atom stereocenters. The van der Waals surface area contributed by atoms with Crippen molar-refractivity contribution < 1.29 is 18.7 Å². The molecule has 0 radical (unpaired) electrons. The summed E-state index contributed by atoms with van der Waals surface area (Å²) in [6.07, 6.45) is 0. The molecule has 1 amide bonds. The third-order valence-corrected chi connectivity index (χ3v) is 4.98. The lowest BCUT2D eigenvalue weighted by atomic mass is 9.84. The number of aromatic nitrogens is 5. The molecule has 31 heavy (non-hydrogen) atoms. The number of hydrogen-bond donors (Lipinski definition) is 3. The van der Waals surface area contributed by atoms with Gasteiger partial charge in [-0.25, -0.2) is 23.8 Å². The molecule has 1 aliphatic rings. The highest BCUT2D eigenvalue weighted by molar-refractivity contribution is 6.19. The Morgan fingerprint density at radius 1 is 1.29 bits per heavy atom. The van der Waals surface area contributed by atoms with Gasteiger partial charge < -0.3 is 15.8 Å². The number of halogens is 1. The zero-order chi connectivity index (χ0) is 22.3. The number of nitrogens with zero attached hydrogens (tertiary/aromatic N) is 4. The molecule has 0 aliphatic carbocycles. The lowest BCUT2D eigenvalue weighted by molar-refractivity contribution is -0.152. The zero-order valence-electron chi connectivity index (χ0n) is 16.6. The molecule has 0 fully saturated rings. The summed E-state index contributed by atoms with van der Waals surface area (Å²) < 4.78 is 19.9. The van der Waals surface area contributed by atoms with Crippen molar-refractivity contribution in [3.05, 3.63) is 51.7 Å². The second-order valence-electron chi connectivity index (χ2n) is 6.98. The number of amides is 1. The van der Waals surface area contributed by atoms with E-state index in [-0.39, 0.29) is 47.6 Å². The summed E-state index contributed by atoms with van der Waals surface area (Å²) in [5.41, 5.74) is 4.09. The topological polar surface area (TPSA) is 158 Å². The molecule has 4 N–H and O–H groups in total. The van der Waals surface area contributed by atoms with Gasteiger partial charge >= 0.3 is 11.7 Å². The third kappa shape index (κ3) is 3.21. The van der Waals surface area contributed by atoms with E-state index >= 15 is 0 Å². The van der Waals surface area contributed by atoms with E-state index in [0.717, 1.165) is 4.68 Å². The maximum Gasteiger partial charge on any atom is 0.343 e. The Morgan fingerprint density at radius 2 is 2.03 bits per heavy atom. The molecule has 2 aromatic heterocycles. The molecule has 3 aromatic rings. The second kappa shape index (κ2) is 7.31. The number of nitrogens with one attached hydrogen (secondary N) is 2. The lowest BCUT2D eigenvalue weighted by Crippen LogP contribution is -2.41. The number of carbonyl (C=O) groups is 2. The van der Waals surface area contributed by atoms with Crippen LogP contribution in [0, 0.1) is 5.82 Å². The summed E-state index contributed by atoms with van der Waals surface area (Å²) in [5.74, 6) is -2.14. The SMILES string of the molecule is CCOC(=O)C1(C)C(=O)Nc2nc(-c3nn(Cc4ccccc4F)c(=O)[nH]3)nc(N)c21. The fraction of sp³-hybridized carbons (Fsp3) is 0.263. The quantitative estimate of drug-likeness (QED) is 0.394. The molecule has 160 valence electrons. The number of esters is 1. The number of H-pyrrole nitrogens is 1. The minimum atomic E-state index is -1.70. The van der Waals surface area contributed by atoms with Crippen molar-refractivity contribution in [3.8, 4) is 11.6 Å². The van der Waals surface area contributed by atoms with Crippen molar-refractivity contribution in [3.63, 3.8) is 0 Å². The van der Waals surface area contributed by atoms with Crippen LogP contribution in [0.1, 0.15) is 25.0 Å². The number of nitrogens with two attached hydrogens (primary N) is 1. The normalized spacial score (nSPS) is 17.3. The number of benzene rings is 1. The van der Waals surface area contributed by atoms with Crippen molar-refractivity contribution in [2.75, 3.05) is 17.7 Å². The molecular formula is C19H18FN7O4. The van der Waals surface area contributed by atoms with E-state index < -0.39 is 28.8 Å². The number of fused-ring (bicyclic) bond motifs is 1. The average Bonchev–Trinajstić information content (AvgIpc) is 3.22. The van der Waals surface area contributed by atoms with E-state index in [1.54, 1.807) is 13.0 Å². The fourth-order valence-corrected chi connectivity index (χ4v) is 3.34. The smallest absolute Gasteiger partial charge is 0.343 e. The Bertz CT molecular complexity index is 1270. The first-order valence-electron chi connectivity index (χ1n) is 9.33. The maximum absolute atomic E-state index is 13.9. The molecule has 0 saturated carbocycles. The van der Waals surface area contributed by atoms with Gasteiger partial charge in [-0.2, -0.15) is 0 Å². The van der Waals surface area contributed by atoms with Crippen molar-refractivity contribution in [2.24, 2.45) is 0 Å². The zero-order valence-corrected chi connectivity index (χ0v) is 16.6. The maximum atomic E-state index is 13.9. The van der Waals surface area contributed by atoms with Gasteiger partial charge in [-0.1, -0.05) is 18.2 Å². The standard InChI is InChI=1S/C19H18FN7O4/c1-3-31-17(29)19(2)11-12(21)22-14(23-13(11)24-16(19)28)15-25-18(30)27(26-15)8-9-6-4-5-7-10(9)20/h4-7H,3,8H2,1-2H3,(H,25,26,30)(H3,21,22,23,24,28). The Balaban J connectivity index is 1.72. The summed E-state index contributed by atoms with van der Waals surface area (Å²) in [7, 11) is 0. The van der Waals surface area contributed by atoms with Crippen LogP contribution in [0.4, 0.5) is 16.0 Å². The van der Waals surface area contributed by atoms with E-state index in [1.807, 2.05) is 0 Å². The van der Waals surface area contributed by atoms with Crippen molar-refractivity contribution in [1.29, 1.82) is 0 Å². The van der Waals surface area contributed by atoms with E-state index in [1.165, 1.54) is 25.1 Å². The Hall–Kier alpha value is -4.09. The Labute approximate surface area is 174 Å². The minimum absolute atomic E-state index is 0.0209. The van der Waals surface area contributed by atoms with E-state index in [0.29, 0.717) is 0 Å². The molecule has 4 rings (SSSR count). The highest BCUT2D eigenvalue weighted by Gasteiger charge is 2.53. The van der Waals surface area contributed by atoms with Gasteiger partial charge in [0.1, 0.15) is 17.5 Å². The van der Waals surface area contributed by atoms with Crippen LogP contribution in [0.2, 0.25) is 0 Å². The van der Waals surface area contributed by atoms with Crippen LogP contribution >= 0.6 is 0 Å². The summed E-state index contributed by atoms with van der Waals surface area (Å²) in [6, 6.07) is 5.99. The fourth-order valence-electron chi connectivity index (χ4n) is 3.34. The molecule has 0 saturated heterocycles. The van der Waals surface area contributed by atoms with E-state index in [9.17, 15) is 18.8 Å². The van der Waals surface area contributed by atoms with Crippen LogP contribution in [0.15, 0.2) is 29.1 Å². The molecule has 12 heteroatoms. The third-order valence-electron chi connectivity index (χ3n) is 4.98. The number of nitrogen functional groups attached to an aromatic ring is 1. The molecule has 1 atom stereocenters. The predicted octanol–water partition coefficient (Wildman–Crippen LogP) is 0.571. The molecule has 1 aromatic carbocycles. The van der Waals surface area contributed by atoms with Crippen LogP contribution in [0.25, 0.3) is 11.6 Å². The molecule has 0 spiro atoms. The van der Waals surface area contributed by atoms with Gasteiger partial charge in [0.15, 0.2) is 11.2 Å². The molecule has 0 bridgehead atoms. The largest absolute Gasteiger partial charge is 0.465 e. The van der Waals surface area contributed by atoms with Crippen LogP contribution in [-0.4, -0.2) is 43.2 Å². The number of anilines is 2. The second-order valence-corrected chi connectivity index (χ2v) is 6.98. The first kappa shape index (κ1) is 20.2. The summed E-state index contributed by atoms with van der Waals surface area (Å²) in [4.78, 5) is 48.0. The van der Waals surface area contributed by atoms with E-state index in [2.05, 4.69) is 25.4 Å². The molecule has 3 heterocycles. The van der Waals surface area contributed by atoms with Gasteiger partial charge in [0.2, 0.25) is 11.7 Å². The number of carbonyl (C=O) groups excluding carboxylic acids is 2. The van der Waals surface area contributed by atoms with Crippen molar-refractivity contribution in [2.45, 2.75) is 25.8 Å². The van der Waals surface area contributed by atoms with Gasteiger partial charge in [-0.05, 0) is 19.9 Å². The first-order chi connectivity index (χ1) is 14.8. The predicted molar refractivity (Wildman–Crippen MR) is 106 cm³/mol. The van der Waals surface area contributed by atoms with Crippen LogP contribution in [0.5, 0.6) is 0 Å². The summed E-state index contributed by atoms with van der Waals surface area (Å²) in [5, 5.41) is 6.60. The number of aromatic amines is 1. The van der Waals surface area contributed by atoms with Gasteiger partial charge in [-0.3, -0.25) is 14.6 Å². The monoisotopic (exact) mass is 427 g/mol. The van der Waals surface area contributed by atoms with Gasteiger partial charge in [0.05, 0.1) is 18.7 Å². The lowest BCUT2D eigenvalue weighted by Gasteiger charge is -2.20. The van der Waals surface area contributed by atoms with Crippen LogP contribution < -0.4 is 16.7 Å². The number of hydrogen-bond acceptors (Lipinski definition) is 8. The van der Waals surface area contributed by atoms with Crippen LogP contribution in [0.3, 0.4) is 0 Å². The summed E-state index contributed by atoms with van der Waals surface area (Å²) in [6.45, 7) is 2.96. The van der Waals surface area contributed by atoms with Gasteiger partial charge in [0, 0.05) is 5.56 Å². The number of ether oxygens (including phenoxy) is 1. The minimum Gasteiger partial charge on any atom is -0.465 e. The van der Waals surface area contributed by atoms with Gasteiger partial charge in [0.25, 0.3) is 0 Å². The molecule has 11 nitrogen and oxygen atoms in total. The summed E-state index contributed by atoms with van der Waals surface area (Å²) >= 11 is 0. The highest BCUT2D eigenvalue weighted by atomic mass is 19.1. The average molecular weight is 427 g/mol. The molecule has 1 aliphatic heterocycles. The molecular weight excluding hydrogens is 409 g/mol. The number of rotatable bonds is 5. The Kier molecular flexibility index (Phi) is 4.76. The van der Waals surface area contributed by atoms with Crippen molar-refractivity contribution in [1.82, 2.24) is 24.7 Å². The van der Waals surface area contributed by atoms with Crippen molar-refractivity contribution >= 4 is 23.5 Å². The van der Waals surface area contributed by atoms with Gasteiger partial charge in [-0.15, -0.1) is 5.10 Å². The first-order valence-corrected chi connectivity index (χ1v) is 9.33. The van der Waals surface area contributed by atoms with Crippen LogP contribution in [-0.2, 0) is 26.3 Å².